The summed E-state index contributed by atoms with van der Waals surface area (Å²) in [7, 11) is 0. The summed E-state index contributed by atoms with van der Waals surface area (Å²) in [5.74, 6) is 1.35. The normalized spacial score (nSPS) is 15.5. The molecular weight excluding hydrogens is 332 g/mol. The molecule has 0 aliphatic carbocycles. The summed E-state index contributed by atoms with van der Waals surface area (Å²) < 4.78 is 16.6. The maximum Gasteiger partial charge on any atom is 0.252 e. The average Bonchev–Trinajstić information content (AvgIpc) is 3.23. The molecule has 1 amide bonds. The number of amides is 1. The number of ether oxygens (including phenoxy) is 2. The molecule has 26 heavy (non-hydrogen) atoms. The second kappa shape index (κ2) is 7.31. The number of hydrogen-bond acceptors (Lipinski definition) is 5. The van der Waals surface area contributed by atoms with Crippen LogP contribution in [0.4, 0.5) is 0 Å². The highest BCUT2D eigenvalue weighted by atomic mass is 16.6. The number of pyridine rings is 1. The van der Waals surface area contributed by atoms with Gasteiger partial charge in [0, 0.05) is 24.7 Å². The standard InChI is InChI=1S/C20H18N2O4/c23-20(14-5-6-17(22-11-14)15-8-10-24-12-15)21-9-7-16-13-25-18-3-1-2-4-19(18)26-16/h1-6,8,10-12,16H,7,9,13H2,(H,21,23)/t16-/m1/s1. The van der Waals surface area contributed by atoms with E-state index in [0.717, 1.165) is 22.8 Å². The van der Waals surface area contributed by atoms with Gasteiger partial charge in [0.2, 0.25) is 0 Å². The van der Waals surface area contributed by atoms with E-state index in [-0.39, 0.29) is 12.0 Å². The van der Waals surface area contributed by atoms with Crippen molar-refractivity contribution in [2.24, 2.45) is 0 Å². The number of nitrogens with zero attached hydrogens (tertiary/aromatic N) is 1. The Morgan fingerprint density at radius 3 is 2.81 bits per heavy atom. The van der Waals surface area contributed by atoms with Gasteiger partial charge in [-0.2, -0.15) is 0 Å². The number of carbonyl (C=O) groups is 1. The van der Waals surface area contributed by atoms with Crippen LogP contribution < -0.4 is 14.8 Å². The van der Waals surface area contributed by atoms with Gasteiger partial charge in [0.05, 0.1) is 23.8 Å². The van der Waals surface area contributed by atoms with Crippen molar-refractivity contribution in [2.75, 3.05) is 13.2 Å². The molecular formula is C20H18N2O4. The fourth-order valence-corrected chi connectivity index (χ4v) is 2.76. The Hall–Kier alpha value is -3.28. The van der Waals surface area contributed by atoms with Gasteiger partial charge in [0.15, 0.2) is 11.5 Å². The van der Waals surface area contributed by atoms with Crippen molar-refractivity contribution in [1.82, 2.24) is 10.3 Å². The average molecular weight is 350 g/mol. The molecule has 0 unspecified atom stereocenters. The molecule has 0 spiro atoms. The Kier molecular flexibility index (Phi) is 4.55. The van der Waals surface area contributed by atoms with Gasteiger partial charge in [-0.15, -0.1) is 0 Å². The lowest BCUT2D eigenvalue weighted by Crippen LogP contribution is -2.34. The molecule has 2 aromatic heterocycles. The van der Waals surface area contributed by atoms with Crippen molar-refractivity contribution < 1.29 is 18.7 Å². The zero-order chi connectivity index (χ0) is 17.8. The van der Waals surface area contributed by atoms with Crippen molar-refractivity contribution in [3.63, 3.8) is 0 Å². The number of para-hydroxylation sites is 2. The molecule has 1 atom stereocenters. The molecule has 0 bridgehead atoms. The first-order valence-corrected chi connectivity index (χ1v) is 8.45. The molecule has 0 saturated carbocycles. The van der Waals surface area contributed by atoms with Crippen LogP contribution in [-0.2, 0) is 0 Å². The Balaban J connectivity index is 1.28. The largest absolute Gasteiger partial charge is 0.486 e. The van der Waals surface area contributed by atoms with Crippen LogP contribution in [0.15, 0.2) is 65.6 Å². The Bertz CT molecular complexity index is 875. The summed E-state index contributed by atoms with van der Waals surface area (Å²) in [5, 5.41) is 2.89. The zero-order valence-electron chi connectivity index (χ0n) is 14.1. The van der Waals surface area contributed by atoms with Crippen LogP contribution in [0.3, 0.4) is 0 Å². The van der Waals surface area contributed by atoms with E-state index in [4.69, 9.17) is 13.9 Å². The Morgan fingerprint density at radius 2 is 2.04 bits per heavy atom. The fraction of sp³-hybridized carbons (Fsp3) is 0.200. The van der Waals surface area contributed by atoms with Crippen molar-refractivity contribution >= 4 is 5.91 Å². The topological polar surface area (TPSA) is 73.6 Å². The first kappa shape index (κ1) is 16.2. The van der Waals surface area contributed by atoms with Gasteiger partial charge in [-0.25, -0.2) is 0 Å². The van der Waals surface area contributed by atoms with E-state index < -0.39 is 0 Å². The second-order valence-electron chi connectivity index (χ2n) is 5.99. The van der Waals surface area contributed by atoms with Crippen LogP contribution in [0, 0.1) is 0 Å². The molecule has 6 nitrogen and oxygen atoms in total. The number of rotatable bonds is 5. The van der Waals surface area contributed by atoms with E-state index >= 15 is 0 Å². The lowest BCUT2D eigenvalue weighted by molar-refractivity contribution is 0.0812. The molecule has 1 aliphatic heterocycles. The molecule has 0 radical (unpaired) electrons. The summed E-state index contributed by atoms with van der Waals surface area (Å²) in [5.41, 5.74) is 2.16. The first-order valence-electron chi connectivity index (χ1n) is 8.45. The third-order valence-electron chi connectivity index (χ3n) is 4.16. The number of fused-ring (bicyclic) bond motifs is 1. The molecule has 1 aliphatic rings. The van der Waals surface area contributed by atoms with Crippen molar-refractivity contribution in [3.05, 3.63) is 66.8 Å². The predicted molar refractivity (Wildman–Crippen MR) is 95.2 cm³/mol. The smallest absolute Gasteiger partial charge is 0.252 e. The van der Waals surface area contributed by atoms with Crippen LogP contribution in [0.25, 0.3) is 11.3 Å². The number of nitrogens with one attached hydrogen (secondary N) is 1. The highest BCUT2D eigenvalue weighted by Crippen LogP contribution is 2.31. The summed E-state index contributed by atoms with van der Waals surface area (Å²) in [6.07, 6.45) is 5.36. The first-order chi connectivity index (χ1) is 12.8. The van der Waals surface area contributed by atoms with Gasteiger partial charge in [0.25, 0.3) is 5.91 Å². The Labute approximate surface area is 150 Å². The molecule has 3 aromatic rings. The maximum absolute atomic E-state index is 12.2. The monoisotopic (exact) mass is 350 g/mol. The van der Waals surface area contributed by atoms with Crippen LogP contribution >= 0.6 is 0 Å². The van der Waals surface area contributed by atoms with Gasteiger partial charge in [-0.3, -0.25) is 9.78 Å². The minimum absolute atomic E-state index is 0.0770. The van der Waals surface area contributed by atoms with E-state index in [1.54, 1.807) is 30.9 Å². The fourth-order valence-electron chi connectivity index (χ4n) is 2.76. The summed E-state index contributed by atoms with van der Waals surface area (Å²) in [4.78, 5) is 16.5. The third kappa shape index (κ3) is 3.54. The van der Waals surface area contributed by atoms with Gasteiger partial charge in [-0.05, 0) is 30.3 Å². The van der Waals surface area contributed by atoms with E-state index in [9.17, 15) is 4.79 Å². The van der Waals surface area contributed by atoms with Crippen LogP contribution in [0.5, 0.6) is 11.5 Å². The van der Waals surface area contributed by atoms with Crippen LogP contribution in [0.2, 0.25) is 0 Å². The van der Waals surface area contributed by atoms with Gasteiger partial charge >= 0.3 is 0 Å². The summed E-state index contributed by atoms with van der Waals surface area (Å²) >= 11 is 0. The number of hydrogen-bond donors (Lipinski definition) is 1. The molecule has 1 N–H and O–H groups in total. The molecule has 6 heteroatoms. The quantitative estimate of drug-likeness (QED) is 0.764. The zero-order valence-corrected chi connectivity index (χ0v) is 14.1. The highest BCUT2D eigenvalue weighted by molar-refractivity contribution is 5.94. The minimum atomic E-state index is -0.159. The highest BCUT2D eigenvalue weighted by Gasteiger charge is 2.20. The predicted octanol–water partition coefficient (Wildman–Crippen LogP) is 3.30. The van der Waals surface area contributed by atoms with Crippen LogP contribution in [0.1, 0.15) is 16.8 Å². The van der Waals surface area contributed by atoms with Gasteiger partial charge < -0.3 is 19.2 Å². The van der Waals surface area contributed by atoms with Crippen LogP contribution in [-0.4, -0.2) is 30.1 Å². The molecule has 1 aromatic carbocycles. The van der Waals surface area contributed by atoms with Crippen molar-refractivity contribution in [3.8, 4) is 22.8 Å². The summed E-state index contributed by atoms with van der Waals surface area (Å²) in [6.45, 7) is 0.979. The maximum atomic E-state index is 12.2. The number of aromatic nitrogens is 1. The molecule has 3 heterocycles. The molecule has 4 rings (SSSR count). The number of carbonyl (C=O) groups excluding carboxylic acids is 1. The third-order valence-corrected chi connectivity index (χ3v) is 4.16. The lowest BCUT2D eigenvalue weighted by Gasteiger charge is -2.26. The van der Waals surface area contributed by atoms with E-state index in [1.165, 1.54) is 0 Å². The SMILES string of the molecule is O=C(NCC[C@@H]1COc2ccccc2O1)c1ccc(-c2ccoc2)nc1. The van der Waals surface area contributed by atoms with E-state index in [2.05, 4.69) is 10.3 Å². The molecule has 132 valence electrons. The van der Waals surface area contributed by atoms with Crippen molar-refractivity contribution in [2.45, 2.75) is 12.5 Å². The summed E-state index contributed by atoms with van der Waals surface area (Å²) in [6, 6.07) is 13.0. The van der Waals surface area contributed by atoms with E-state index in [1.807, 2.05) is 30.3 Å². The molecule has 0 fully saturated rings. The second-order valence-corrected chi connectivity index (χ2v) is 5.99. The molecule has 0 saturated heterocycles. The van der Waals surface area contributed by atoms with E-state index in [0.29, 0.717) is 25.1 Å². The number of benzene rings is 1. The number of furan rings is 1. The minimum Gasteiger partial charge on any atom is -0.486 e. The van der Waals surface area contributed by atoms with Gasteiger partial charge in [0.1, 0.15) is 12.7 Å². The Morgan fingerprint density at radius 1 is 1.15 bits per heavy atom. The van der Waals surface area contributed by atoms with Gasteiger partial charge in [-0.1, -0.05) is 12.1 Å². The lowest BCUT2D eigenvalue weighted by atomic mass is 10.2. The van der Waals surface area contributed by atoms with Crippen molar-refractivity contribution in [1.29, 1.82) is 0 Å².